The maximum atomic E-state index is 12.3. The molecule has 1 unspecified atom stereocenters. The van der Waals surface area contributed by atoms with Gasteiger partial charge in [-0.1, -0.05) is 52.3 Å². The van der Waals surface area contributed by atoms with Crippen LogP contribution in [0.25, 0.3) is 0 Å². The molecule has 0 aromatic heterocycles. The Morgan fingerprint density at radius 1 is 1.17 bits per heavy atom. The Morgan fingerprint density at radius 2 is 1.74 bits per heavy atom. The Morgan fingerprint density at radius 3 is 2.13 bits per heavy atom. The fourth-order valence-corrected chi connectivity index (χ4v) is 3.39. The van der Waals surface area contributed by atoms with Crippen LogP contribution >= 0.6 is 0 Å². The Balaban J connectivity index is 3.33. The third-order valence-corrected chi connectivity index (χ3v) is 5.22. The first-order valence-corrected chi connectivity index (χ1v) is 8.58. The Bertz CT molecular complexity index is 597. The minimum Gasteiger partial charge on any atom is -0.329 e. The summed E-state index contributed by atoms with van der Waals surface area (Å²) in [5, 5.41) is 3.16. The number of hydrogen-bond acceptors (Lipinski definition) is 1. The van der Waals surface area contributed by atoms with Crippen molar-refractivity contribution in [3.63, 3.8) is 0 Å². The van der Waals surface area contributed by atoms with E-state index < -0.39 is 0 Å². The smallest absolute Gasteiger partial charge is 0.226 e. The quantitative estimate of drug-likeness (QED) is 0.662. The predicted molar refractivity (Wildman–Crippen MR) is 99.9 cm³/mol. The summed E-state index contributed by atoms with van der Waals surface area (Å²) in [4.78, 5) is 12.3. The van der Waals surface area contributed by atoms with Gasteiger partial charge in [-0.2, -0.15) is 0 Å². The number of amides is 1. The first kappa shape index (κ1) is 19.5. The average Bonchev–Trinajstić information content (AvgIpc) is 2.66. The number of hydrogen-bond donors (Lipinski definition) is 1. The van der Waals surface area contributed by atoms with Gasteiger partial charge in [-0.05, 0) is 56.4 Å². The molecule has 23 heavy (non-hydrogen) atoms. The lowest BCUT2D eigenvalue weighted by Crippen LogP contribution is -2.36. The standard InChI is InChI=1S/C21H33NO/c1-10-11-12-18(22-20(23)13(2)3)21(8,9)19-16(6)14(4)15(5)17(19)7/h10-13,16H,1-9H3,(H,22,23). The van der Waals surface area contributed by atoms with Gasteiger partial charge in [0.15, 0.2) is 0 Å². The molecule has 0 aromatic carbocycles. The van der Waals surface area contributed by atoms with E-state index in [1.54, 1.807) is 0 Å². The minimum absolute atomic E-state index is 0.0301. The van der Waals surface area contributed by atoms with Crippen LogP contribution in [0.2, 0.25) is 0 Å². The van der Waals surface area contributed by atoms with E-state index >= 15 is 0 Å². The molecule has 0 saturated carbocycles. The van der Waals surface area contributed by atoms with Gasteiger partial charge in [0.2, 0.25) is 5.91 Å². The Hall–Kier alpha value is -1.57. The molecule has 1 amide bonds. The molecule has 0 radical (unpaired) electrons. The van der Waals surface area contributed by atoms with E-state index in [-0.39, 0.29) is 17.2 Å². The second-order valence-corrected chi connectivity index (χ2v) is 7.44. The molecule has 1 aliphatic rings. The Kier molecular flexibility index (Phi) is 6.21. The molecule has 2 nitrogen and oxygen atoms in total. The highest BCUT2D eigenvalue weighted by Crippen LogP contribution is 2.48. The molecule has 1 aliphatic carbocycles. The van der Waals surface area contributed by atoms with Crippen LogP contribution in [0, 0.1) is 17.3 Å². The van der Waals surface area contributed by atoms with Crippen molar-refractivity contribution >= 4 is 5.91 Å². The molecular formula is C21H33NO. The van der Waals surface area contributed by atoms with E-state index in [0.29, 0.717) is 5.92 Å². The maximum absolute atomic E-state index is 12.3. The fourth-order valence-electron chi connectivity index (χ4n) is 3.39. The van der Waals surface area contributed by atoms with Crippen molar-refractivity contribution in [2.45, 2.75) is 62.3 Å². The van der Waals surface area contributed by atoms with Gasteiger partial charge in [0.05, 0.1) is 0 Å². The minimum atomic E-state index is -0.216. The largest absolute Gasteiger partial charge is 0.329 e. The molecule has 0 fully saturated rings. The number of carbonyl (C=O) groups excluding carboxylic acids is 1. The van der Waals surface area contributed by atoms with Gasteiger partial charge in [0.25, 0.3) is 0 Å². The average molecular weight is 316 g/mol. The lowest BCUT2D eigenvalue weighted by Gasteiger charge is -2.34. The van der Waals surface area contributed by atoms with Crippen molar-refractivity contribution in [2.75, 3.05) is 0 Å². The van der Waals surface area contributed by atoms with Crippen molar-refractivity contribution in [2.24, 2.45) is 17.3 Å². The van der Waals surface area contributed by atoms with E-state index in [9.17, 15) is 4.79 Å². The van der Waals surface area contributed by atoms with Crippen LogP contribution in [-0.2, 0) is 4.79 Å². The number of allylic oxidation sites excluding steroid dienone is 7. The van der Waals surface area contributed by atoms with Crippen molar-refractivity contribution in [3.05, 3.63) is 46.2 Å². The van der Waals surface area contributed by atoms with E-state index in [0.717, 1.165) is 5.70 Å². The normalized spacial score (nSPS) is 20.3. The SMILES string of the molecule is CC=CC=C(NC(=O)C(C)C)C(C)(C)C1=C(C)C(C)=C(C)C1C. The van der Waals surface area contributed by atoms with E-state index in [4.69, 9.17) is 0 Å². The monoisotopic (exact) mass is 315 g/mol. The van der Waals surface area contributed by atoms with Crippen LogP contribution in [-0.4, -0.2) is 5.91 Å². The molecule has 0 aliphatic heterocycles. The van der Waals surface area contributed by atoms with Crippen molar-refractivity contribution in [3.8, 4) is 0 Å². The van der Waals surface area contributed by atoms with Crippen molar-refractivity contribution in [1.29, 1.82) is 0 Å². The molecule has 1 N–H and O–H groups in total. The van der Waals surface area contributed by atoms with Gasteiger partial charge < -0.3 is 5.32 Å². The van der Waals surface area contributed by atoms with Crippen LogP contribution in [0.15, 0.2) is 46.2 Å². The molecule has 2 heteroatoms. The molecule has 1 atom stereocenters. The molecular weight excluding hydrogens is 282 g/mol. The summed E-state index contributed by atoms with van der Waals surface area (Å²) >= 11 is 0. The summed E-state index contributed by atoms with van der Waals surface area (Å²) in [6, 6.07) is 0. The molecule has 128 valence electrons. The molecule has 0 heterocycles. The van der Waals surface area contributed by atoms with Crippen LogP contribution in [0.4, 0.5) is 0 Å². The van der Waals surface area contributed by atoms with Crippen molar-refractivity contribution < 1.29 is 4.79 Å². The number of carbonyl (C=O) groups is 1. The summed E-state index contributed by atoms with van der Waals surface area (Å²) in [6.45, 7) is 19.2. The summed E-state index contributed by atoms with van der Waals surface area (Å²) in [7, 11) is 0. The molecule has 0 spiro atoms. The second-order valence-electron chi connectivity index (χ2n) is 7.44. The van der Waals surface area contributed by atoms with Gasteiger partial charge in [0.1, 0.15) is 0 Å². The maximum Gasteiger partial charge on any atom is 0.226 e. The van der Waals surface area contributed by atoms with Gasteiger partial charge in [-0.25, -0.2) is 0 Å². The van der Waals surface area contributed by atoms with Crippen LogP contribution in [0.1, 0.15) is 62.3 Å². The zero-order chi connectivity index (χ0) is 17.9. The van der Waals surface area contributed by atoms with Gasteiger partial charge >= 0.3 is 0 Å². The van der Waals surface area contributed by atoms with Gasteiger partial charge in [0, 0.05) is 17.0 Å². The fraction of sp³-hybridized carbons (Fsp3) is 0.571. The second kappa shape index (κ2) is 7.33. The summed E-state index contributed by atoms with van der Waals surface area (Å²) in [5.74, 6) is 0.451. The molecule has 0 bridgehead atoms. The topological polar surface area (TPSA) is 29.1 Å². The van der Waals surface area contributed by atoms with E-state index in [1.165, 1.54) is 22.3 Å². The lowest BCUT2D eigenvalue weighted by atomic mass is 9.74. The van der Waals surface area contributed by atoms with Crippen LogP contribution in [0.3, 0.4) is 0 Å². The van der Waals surface area contributed by atoms with Crippen molar-refractivity contribution in [1.82, 2.24) is 5.32 Å². The number of rotatable bonds is 5. The summed E-state index contributed by atoms with van der Waals surface area (Å²) < 4.78 is 0. The first-order chi connectivity index (χ1) is 10.6. The van der Waals surface area contributed by atoms with Crippen LogP contribution < -0.4 is 5.32 Å². The van der Waals surface area contributed by atoms with Gasteiger partial charge in [-0.15, -0.1) is 0 Å². The van der Waals surface area contributed by atoms with Gasteiger partial charge in [-0.3, -0.25) is 4.79 Å². The van der Waals surface area contributed by atoms with Crippen LogP contribution in [0.5, 0.6) is 0 Å². The zero-order valence-corrected chi connectivity index (χ0v) is 16.3. The van der Waals surface area contributed by atoms with E-state index in [1.807, 2.05) is 39.0 Å². The molecule has 1 rings (SSSR count). The molecule has 0 saturated heterocycles. The first-order valence-electron chi connectivity index (χ1n) is 8.58. The predicted octanol–water partition coefficient (Wildman–Crippen LogP) is 5.55. The lowest BCUT2D eigenvalue weighted by molar-refractivity contribution is -0.123. The highest BCUT2D eigenvalue weighted by atomic mass is 16.1. The third kappa shape index (κ3) is 3.85. The highest BCUT2D eigenvalue weighted by molar-refractivity contribution is 5.80. The number of nitrogens with one attached hydrogen (secondary N) is 1. The highest BCUT2D eigenvalue weighted by Gasteiger charge is 2.37. The summed E-state index contributed by atoms with van der Waals surface area (Å²) in [6.07, 6.45) is 6.03. The molecule has 0 aromatic rings. The van der Waals surface area contributed by atoms with E-state index in [2.05, 4.69) is 46.9 Å². The Labute approximate surface area is 142 Å². The zero-order valence-electron chi connectivity index (χ0n) is 16.3. The summed E-state index contributed by atoms with van der Waals surface area (Å²) in [5.41, 5.74) is 6.36. The third-order valence-electron chi connectivity index (χ3n) is 5.22.